The van der Waals surface area contributed by atoms with Gasteiger partial charge in [-0.15, -0.1) is 0 Å². The number of hydrogen-bond donors (Lipinski definition) is 4. The molecule has 1 aliphatic rings. The third kappa shape index (κ3) is 29.8. The summed E-state index contributed by atoms with van der Waals surface area (Å²) in [5.41, 5.74) is 0. The van der Waals surface area contributed by atoms with Crippen LogP contribution in [-0.2, 0) is 38.3 Å². The molecule has 332 valence electrons. The fourth-order valence-electron chi connectivity index (χ4n) is 6.33. The number of carbonyl (C=O) groups is 1. The molecular weight excluding hydrogens is 753 g/mol. The van der Waals surface area contributed by atoms with Gasteiger partial charge in [0.2, 0.25) is 0 Å². The van der Waals surface area contributed by atoms with Crippen LogP contribution in [0.25, 0.3) is 0 Å². The highest BCUT2D eigenvalue weighted by Gasteiger charge is 2.48. The van der Waals surface area contributed by atoms with Crippen molar-refractivity contribution < 1.29 is 56.2 Å². The van der Waals surface area contributed by atoms with Crippen LogP contribution in [-0.4, -0.2) is 97.5 Å². The van der Waals surface area contributed by atoms with Gasteiger partial charge in [0, 0.05) is 13.0 Å². The molecule has 0 spiro atoms. The van der Waals surface area contributed by atoms with Crippen LogP contribution in [0.15, 0.2) is 48.6 Å². The lowest BCUT2D eigenvalue weighted by atomic mass is 9.99. The monoisotopic (exact) mass is 831 g/mol. The zero-order chi connectivity index (χ0) is 41.8. The number of hydrogen-bond acceptors (Lipinski definition) is 11. The van der Waals surface area contributed by atoms with Crippen molar-refractivity contribution in [3.63, 3.8) is 0 Å². The molecule has 0 aromatic heterocycles. The van der Waals surface area contributed by atoms with E-state index in [4.69, 9.17) is 23.5 Å². The summed E-state index contributed by atoms with van der Waals surface area (Å²) < 4.78 is 58.9. The molecule has 12 nitrogen and oxygen atoms in total. The molecule has 6 unspecified atom stereocenters. The molecule has 57 heavy (non-hydrogen) atoms. The zero-order valence-corrected chi connectivity index (χ0v) is 36.0. The van der Waals surface area contributed by atoms with Gasteiger partial charge in [0.05, 0.1) is 19.8 Å². The Morgan fingerprint density at radius 3 is 1.74 bits per heavy atom. The number of rotatable bonds is 37. The quantitative estimate of drug-likeness (QED) is 0.0203. The van der Waals surface area contributed by atoms with Gasteiger partial charge in [-0.2, -0.15) is 8.42 Å². The highest BCUT2D eigenvalue weighted by atomic mass is 32.3. The van der Waals surface area contributed by atoms with Crippen LogP contribution in [0.5, 0.6) is 0 Å². The van der Waals surface area contributed by atoms with Crippen LogP contribution in [0.2, 0.25) is 0 Å². The Morgan fingerprint density at radius 1 is 0.667 bits per heavy atom. The predicted octanol–water partition coefficient (Wildman–Crippen LogP) is 8.80. The average Bonchev–Trinajstić information content (AvgIpc) is 3.18. The van der Waals surface area contributed by atoms with Gasteiger partial charge in [0.15, 0.2) is 6.29 Å². The third-order valence-corrected chi connectivity index (χ3v) is 10.1. The average molecular weight is 831 g/mol. The zero-order valence-electron chi connectivity index (χ0n) is 35.1. The van der Waals surface area contributed by atoms with Crippen LogP contribution in [0.1, 0.15) is 162 Å². The molecule has 13 heteroatoms. The van der Waals surface area contributed by atoms with E-state index in [0.29, 0.717) is 13.0 Å². The van der Waals surface area contributed by atoms with Crippen molar-refractivity contribution in [3.05, 3.63) is 48.6 Å². The number of aliphatic hydroxyl groups excluding tert-OH is 3. The van der Waals surface area contributed by atoms with E-state index in [2.05, 4.69) is 66.6 Å². The smallest absolute Gasteiger partial charge is 0.397 e. The lowest BCUT2D eigenvalue weighted by Crippen LogP contribution is -2.60. The number of ether oxygens (including phenoxy) is 4. The highest BCUT2D eigenvalue weighted by molar-refractivity contribution is 7.80. The minimum Gasteiger partial charge on any atom is -0.457 e. The molecule has 6 atom stereocenters. The maximum Gasteiger partial charge on any atom is 0.397 e. The van der Waals surface area contributed by atoms with Crippen molar-refractivity contribution in [1.29, 1.82) is 0 Å². The van der Waals surface area contributed by atoms with Crippen molar-refractivity contribution >= 4 is 16.4 Å². The first-order chi connectivity index (χ1) is 27.6. The maximum absolute atomic E-state index is 12.8. The Labute approximate surface area is 345 Å². The van der Waals surface area contributed by atoms with E-state index in [1.54, 1.807) is 0 Å². The Hall–Kier alpha value is -1.94. The number of aliphatic hydroxyl groups is 3. The van der Waals surface area contributed by atoms with E-state index in [1.807, 2.05) is 0 Å². The molecule has 0 amide bonds. The highest BCUT2D eigenvalue weighted by Crippen LogP contribution is 2.26. The minimum absolute atomic E-state index is 0.0217. The summed E-state index contributed by atoms with van der Waals surface area (Å²) in [7, 11) is -5.06. The van der Waals surface area contributed by atoms with Crippen LogP contribution >= 0.6 is 0 Å². The van der Waals surface area contributed by atoms with E-state index in [0.717, 1.165) is 83.5 Å². The Balaban J connectivity index is 2.46. The summed E-state index contributed by atoms with van der Waals surface area (Å²) in [6, 6.07) is 0. The predicted molar refractivity (Wildman–Crippen MR) is 225 cm³/mol. The first kappa shape index (κ1) is 53.1. The molecule has 1 aliphatic heterocycles. The summed E-state index contributed by atoms with van der Waals surface area (Å²) in [6.45, 7) is 3.85. The SMILES string of the molecule is CCC/C=C\C/C=C\CCCCCCCC(=O)OC(COCCCCCCCC/C=C\C/C=C\CCCCCC)COC1OC(CO)C(O)C(OS(=O)(=O)O)C1O. The second kappa shape index (κ2) is 36.0. The molecule has 0 aromatic rings. The second-order valence-electron chi connectivity index (χ2n) is 14.9. The van der Waals surface area contributed by atoms with Crippen molar-refractivity contribution in [3.8, 4) is 0 Å². The first-order valence-electron chi connectivity index (χ1n) is 21.9. The minimum atomic E-state index is -5.06. The molecule has 1 heterocycles. The Morgan fingerprint density at radius 2 is 1.19 bits per heavy atom. The second-order valence-corrected chi connectivity index (χ2v) is 16.0. The normalized spacial score (nSPS) is 21.1. The molecule has 0 aliphatic carbocycles. The topological polar surface area (TPSA) is 178 Å². The molecule has 0 saturated carbocycles. The van der Waals surface area contributed by atoms with Gasteiger partial charge in [-0.05, 0) is 70.6 Å². The van der Waals surface area contributed by atoms with E-state index in [-0.39, 0.29) is 19.6 Å². The number of esters is 1. The van der Waals surface area contributed by atoms with E-state index < -0.39 is 59.8 Å². The summed E-state index contributed by atoms with van der Waals surface area (Å²) in [6.07, 6.45) is 32.9. The summed E-state index contributed by atoms with van der Waals surface area (Å²) >= 11 is 0. The van der Waals surface area contributed by atoms with Gasteiger partial charge in [0.1, 0.15) is 30.5 Å². The van der Waals surface area contributed by atoms with Gasteiger partial charge < -0.3 is 34.3 Å². The van der Waals surface area contributed by atoms with Gasteiger partial charge >= 0.3 is 16.4 Å². The molecule has 0 bridgehead atoms. The molecule has 0 aromatic carbocycles. The van der Waals surface area contributed by atoms with Gasteiger partial charge in [-0.1, -0.05) is 133 Å². The first-order valence-corrected chi connectivity index (χ1v) is 23.3. The lowest BCUT2D eigenvalue weighted by Gasteiger charge is -2.41. The maximum atomic E-state index is 12.8. The molecule has 0 radical (unpaired) electrons. The Kier molecular flexibility index (Phi) is 33.5. The van der Waals surface area contributed by atoms with Gasteiger partial charge in [0.25, 0.3) is 0 Å². The van der Waals surface area contributed by atoms with Gasteiger partial charge in [-0.3, -0.25) is 9.35 Å². The largest absolute Gasteiger partial charge is 0.457 e. The fourth-order valence-corrected chi connectivity index (χ4v) is 6.84. The number of carbonyl (C=O) groups excluding carboxylic acids is 1. The molecule has 4 N–H and O–H groups in total. The van der Waals surface area contributed by atoms with E-state index in [1.165, 1.54) is 51.4 Å². The van der Waals surface area contributed by atoms with Crippen LogP contribution in [0.4, 0.5) is 0 Å². The van der Waals surface area contributed by atoms with Crippen molar-refractivity contribution in [1.82, 2.24) is 0 Å². The number of unbranched alkanes of at least 4 members (excludes halogenated alkanes) is 16. The van der Waals surface area contributed by atoms with Crippen LogP contribution < -0.4 is 0 Å². The third-order valence-electron chi connectivity index (χ3n) is 9.65. The van der Waals surface area contributed by atoms with Crippen molar-refractivity contribution in [2.24, 2.45) is 0 Å². The summed E-state index contributed by atoms with van der Waals surface area (Å²) in [5.74, 6) is -0.420. The van der Waals surface area contributed by atoms with E-state index >= 15 is 0 Å². The Bertz CT molecular complexity index is 1190. The van der Waals surface area contributed by atoms with Gasteiger partial charge in [-0.25, -0.2) is 4.18 Å². The lowest BCUT2D eigenvalue weighted by molar-refractivity contribution is -0.301. The van der Waals surface area contributed by atoms with E-state index in [9.17, 15) is 28.5 Å². The van der Waals surface area contributed by atoms with Crippen molar-refractivity contribution in [2.45, 2.75) is 198 Å². The van der Waals surface area contributed by atoms with Crippen molar-refractivity contribution in [2.75, 3.05) is 26.4 Å². The molecule has 1 rings (SSSR count). The van der Waals surface area contributed by atoms with Crippen LogP contribution in [0.3, 0.4) is 0 Å². The fraction of sp³-hybridized carbons (Fsp3) is 0.795. The van der Waals surface area contributed by atoms with Crippen LogP contribution in [0, 0.1) is 0 Å². The molecule has 1 saturated heterocycles. The number of allylic oxidation sites excluding steroid dienone is 8. The molecule has 1 fully saturated rings. The standard InChI is InChI=1S/C44H78O12S/c1-3-5-7-9-11-13-15-17-18-19-20-22-24-26-28-30-32-34-52-36-38(37-53-44-42(48)43(56-57(49,50)51)41(47)39(35-45)55-44)54-40(46)33-31-29-27-25-23-21-16-14-12-10-8-6-4-2/h8,10,13-16,18-19,38-39,41-45,47-48H,3-7,9,11-12,17,20-37H2,1-2H3,(H,49,50,51)/b10-8-,15-13-,16-14-,19-18-. The summed E-state index contributed by atoms with van der Waals surface area (Å²) in [4.78, 5) is 12.8. The summed E-state index contributed by atoms with van der Waals surface area (Å²) in [5, 5.41) is 30.6. The molecular formula is C44H78O12S.